The molecule has 5 aromatic rings. The lowest BCUT2D eigenvalue weighted by atomic mass is 9.77. The highest BCUT2D eigenvalue weighted by Crippen LogP contribution is 2.45. The Kier molecular flexibility index (Phi) is 6.02. The Labute approximate surface area is 228 Å². The van der Waals surface area contributed by atoms with Crippen LogP contribution in [-0.2, 0) is 28.0 Å². The number of carboxylic acid groups (broad SMARTS) is 1. The molecule has 0 fully saturated rings. The van der Waals surface area contributed by atoms with E-state index in [0.717, 1.165) is 16.5 Å². The van der Waals surface area contributed by atoms with Gasteiger partial charge in [-0.2, -0.15) is 5.10 Å². The van der Waals surface area contributed by atoms with Crippen LogP contribution in [0.25, 0.3) is 22.4 Å². The molecule has 10 heteroatoms. The molecule has 6 rings (SSSR count). The second kappa shape index (κ2) is 9.57. The minimum Gasteiger partial charge on any atom is -0.481 e. The third-order valence-electron chi connectivity index (χ3n) is 7.43. The van der Waals surface area contributed by atoms with Crippen molar-refractivity contribution in [2.24, 2.45) is 0 Å². The number of nitrogen functional groups attached to an aromatic ring is 1. The molecule has 1 atom stereocenters. The number of nitrogens with two attached hydrogens (primary N) is 1. The van der Waals surface area contributed by atoms with Gasteiger partial charge < -0.3 is 16.2 Å². The number of benzene rings is 3. The predicted octanol–water partition coefficient (Wildman–Crippen LogP) is 4.54. The molecule has 9 nitrogen and oxygen atoms in total. The Bertz CT molecular complexity index is 1800. The monoisotopic (exact) mass is 536 g/mol. The number of aromatic nitrogens is 4. The number of amides is 1. The van der Waals surface area contributed by atoms with Crippen molar-refractivity contribution >= 4 is 34.4 Å². The molecule has 40 heavy (non-hydrogen) atoms. The molecule has 3 aromatic carbocycles. The number of nitrogens with zero attached hydrogens (tertiary/aromatic N) is 4. The standard InChI is InChI=1S/C30H25FN6O3/c1-30(19-13-10-17(11-14-19)12-15-23(38)39)24-26(32)33-28(34-27(24)35-29(30)40)25-20-7-3-5-9-22(20)37(36-25)16-18-6-2-4-8-21(18)31/h2-11,13-14H,12,15-16H2,1H3,(H,38,39)(H3,32,33,34,35,40). The van der Waals surface area contributed by atoms with Gasteiger partial charge in [0, 0.05) is 17.4 Å². The quantitative estimate of drug-likeness (QED) is 0.278. The van der Waals surface area contributed by atoms with Gasteiger partial charge in [-0.1, -0.05) is 60.7 Å². The van der Waals surface area contributed by atoms with Crippen LogP contribution in [0.2, 0.25) is 0 Å². The van der Waals surface area contributed by atoms with Crippen LogP contribution in [0.15, 0.2) is 72.8 Å². The first-order chi connectivity index (χ1) is 19.3. The van der Waals surface area contributed by atoms with Crippen LogP contribution >= 0.6 is 0 Å². The summed E-state index contributed by atoms with van der Waals surface area (Å²) in [7, 11) is 0. The van der Waals surface area contributed by atoms with Crippen LogP contribution in [0.1, 0.15) is 35.6 Å². The number of aryl methyl sites for hydroxylation is 1. The maximum Gasteiger partial charge on any atom is 0.303 e. The van der Waals surface area contributed by atoms with Crippen LogP contribution in [0.4, 0.5) is 16.0 Å². The lowest BCUT2D eigenvalue weighted by Gasteiger charge is -2.23. The molecule has 4 N–H and O–H groups in total. The topological polar surface area (TPSA) is 136 Å². The first kappa shape index (κ1) is 25.2. The van der Waals surface area contributed by atoms with E-state index in [1.807, 2.05) is 36.4 Å². The molecule has 1 unspecified atom stereocenters. The number of nitrogens with one attached hydrogen (secondary N) is 1. The van der Waals surface area contributed by atoms with E-state index in [0.29, 0.717) is 34.6 Å². The smallest absolute Gasteiger partial charge is 0.303 e. The summed E-state index contributed by atoms with van der Waals surface area (Å²) in [5, 5.41) is 17.3. The SMILES string of the molecule is CC1(c2ccc(CCC(=O)O)cc2)C(=O)Nc2nc(-c3nn(Cc4ccccc4F)c4ccccc34)nc(N)c21. The molecule has 2 aromatic heterocycles. The van der Waals surface area contributed by atoms with E-state index >= 15 is 0 Å². The number of hydrogen-bond acceptors (Lipinski definition) is 6. The number of anilines is 2. The van der Waals surface area contributed by atoms with Crippen LogP contribution in [0.3, 0.4) is 0 Å². The van der Waals surface area contributed by atoms with Gasteiger partial charge in [-0.3, -0.25) is 14.3 Å². The molecule has 3 heterocycles. The van der Waals surface area contributed by atoms with Gasteiger partial charge in [-0.25, -0.2) is 14.4 Å². The summed E-state index contributed by atoms with van der Waals surface area (Å²) in [6.07, 6.45) is 0.412. The normalized spacial score (nSPS) is 16.2. The van der Waals surface area contributed by atoms with Gasteiger partial charge in [0.15, 0.2) is 5.82 Å². The number of aliphatic carboxylic acids is 1. The molecule has 0 radical (unpaired) electrons. The zero-order valence-electron chi connectivity index (χ0n) is 21.6. The van der Waals surface area contributed by atoms with Gasteiger partial charge in [0.05, 0.1) is 17.6 Å². The van der Waals surface area contributed by atoms with Crippen molar-refractivity contribution in [2.75, 3.05) is 11.1 Å². The zero-order valence-corrected chi connectivity index (χ0v) is 21.6. The van der Waals surface area contributed by atoms with Gasteiger partial charge in [-0.05, 0) is 36.6 Å². The molecule has 0 bridgehead atoms. The number of hydrogen-bond donors (Lipinski definition) is 3. The van der Waals surface area contributed by atoms with E-state index in [1.54, 1.807) is 41.9 Å². The van der Waals surface area contributed by atoms with Crippen LogP contribution in [0.5, 0.6) is 0 Å². The maximum absolute atomic E-state index is 14.4. The van der Waals surface area contributed by atoms with E-state index in [4.69, 9.17) is 15.9 Å². The highest BCUT2D eigenvalue weighted by atomic mass is 19.1. The van der Waals surface area contributed by atoms with Gasteiger partial charge in [-0.15, -0.1) is 0 Å². The van der Waals surface area contributed by atoms with Crippen molar-refractivity contribution < 1.29 is 19.1 Å². The summed E-state index contributed by atoms with van der Waals surface area (Å²) >= 11 is 0. The number of fused-ring (bicyclic) bond motifs is 2. The molecule has 0 saturated heterocycles. The van der Waals surface area contributed by atoms with E-state index in [-0.39, 0.29) is 36.3 Å². The fourth-order valence-electron chi connectivity index (χ4n) is 5.25. The number of halogens is 1. The van der Waals surface area contributed by atoms with E-state index in [9.17, 15) is 14.0 Å². The first-order valence-corrected chi connectivity index (χ1v) is 12.8. The maximum atomic E-state index is 14.4. The van der Waals surface area contributed by atoms with Crippen LogP contribution in [0, 0.1) is 5.82 Å². The van der Waals surface area contributed by atoms with Crippen LogP contribution < -0.4 is 11.1 Å². The van der Waals surface area contributed by atoms with Crippen molar-refractivity contribution in [3.8, 4) is 11.5 Å². The van der Waals surface area contributed by atoms with Crippen LogP contribution in [-0.4, -0.2) is 36.7 Å². The Balaban J connectivity index is 1.40. The second-order valence-electron chi connectivity index (χ2n) is 9.94. The lowest BCUT2D eigenvalue weighted by Crippen LogP contribution is -2.33. The van der Waals surface area contributed by atoms with E-state index in [1.165, 1.54) is 6.07 Å². The predicted molar refractivity (Wildman–Crippen MR) is 148 cm³/mol. The largest absolute Gasteiger partial charge is 0.481 e. The van der Waals surface area contributed by atoms with Gasteiger partial charge in [0.25, 0.3) is 0 Å². The fraction of sp³-hybridized carbons (Fsp3) is 0.167. The summed E-state index contributed by atoms with van der Waals surface area (Å²) in [5.74, 6) is -0.798. The number of rotatable bonds is 7. The fourth-order valence-corrected chi connectivity index (χ4v) is 5.25. The van der Waals surface area contributed by atoms with Crippen molar-refractivity contribution in [3.05, 3.63) is 101 Å². The molecule has 0 saturated carbocycles. The summed E-state index contributed by atoms with van der Waals surface area (Å²) < 4.78 is 16.1. The van der Waals surface area contributed by atoms with Gasteiger partial charge in [0.1, 0.15) is 28.6 Å². The minimum absolute atomic E-state index is 0.0221. The number of carbonyl (C=O) groups excluding carboxylic acids is 1. The highest BCUT2D eigenvalue weighted by molar-refractivity contribution is 6.09. The van der Waals surface area contributed by atoms with Gasteiger partial charge in [0.2, 0.25) is 5.91 Å². The molecule has 1 aliphatic heterocycles. The zero-order chi connectivity index (χ0) is 28.0. The molecular weight excluding hydrogens is 511 g/mol. The molecule has 200 valence electrons. The van der Waals surface area contributed by atoms with Crippen molar-refractivity contribution in [1.82, 2.24) is 19.7 Å². The van der Waals surface area contributed by atoms with Crippen molar-refractivity contribution in [2.45, 2.75) is 31.7 Å². The van der Waals surface area contributed by atoms with Crippen molar-refractivity contribution in [1.29, 1.82) is 0 Å². The average Bonchev–Trinajstić information content (AvgIpc) is 3.44. The second-order valence-corrected chi connectivity index (χ2v) is 9.94. The summed E-state index contributed by atoms with van der Waals surface area (Å²) in [6, 6.07) is 21.3. The first-order valence-electron chi connectivity index (χ1n) is 12.8. The van der Waals surface area contributed by atoms with E-state index in [2.05, 4.69) is 15.3 Å². The molecule has 1 aliphatic rings. The third-order valence-corrected chi connectivity index (χ3v) is 7.43. The number of carboxylic acids is 1. The number of para-hydroxylation sites is 1. The molecular formula is C30H25FN6O3. The molecule has 1 amide bonds. The third kappa shape index (κ3) is 4.14. The molecule has 0 spiro atoms. The summed E-state index contributed by atoms with van der Waals surface area (Å²) in [5.41, 5.74) is 9.10. The minimum atomic E-state index is -1.14. The molecule has 0 aliphatic carbocycles. The Morgan fingerprint density at radius 3 is 2.52 bits per heavy atom. The summed E-state index contributed by atoms with van der Waals surface area (Å²) in [4.78, 5) is 33.5. The van der Waals surface area contributed by atoms with Crippen molar-refractivity contribution in [3.63, 3.8) is 0 Å². The Morgan fingerprint density at radius 2 is 1.77 bits per heavy atom. The summed E-state index contributed by atoms with van der Waals surface area (Å²) in [6.45, 7) is 1.98. The lowest BCUT2D eigenvalue weighted by molar-refractivity contribution is -0.137. The van der Waals surface area contributed by atoms with E-state index < -0.39 is 11.4 Å². The highest BCUT2D eigenvalue weighted by Gasteiger charge is 2.47. The Morgan fingerprint density at radius 1 is 1.05 bits per heavy atom. The van der Waals surface area contributed by atoms with Gasteiger partial charge >= 0.3 is 5.97 Å². The Hall–Kier alpha value is -5.12. The number of carbonyl (C=O) groups is 2. The average molecular weight is 537 g/mol.